The molecule has 0 fully saturated rings. The predicted molar refractivity (Wildman–Crippen MR) is 121 cm³/mol. The van der Waals surface area contributed by atoms with Crippen molar-refractivity contribution in [3.63, 3.8) is 0 Å². The van der Waals surface area contributed by atoms with Crippen LogP contribution in [0, 0.1) is 0 Å². The third kappa shape index (κ3) is 4.79. The first-order valence-corrected chi connectivity index (χ1v) is 11.5. The molecule has 0 unspecified atom stereocenters. The van der Waals surface area contributed by atoms with Gasteiger partial charge in [0.15, 0.2) is 23.9 Å². The minimum Gasteiger partial charge on any atom is -0.454 e. The van der Waals surface area contributed by atoms with Gasteiger partial charge in [0.25, 0.3) is 10.0 Å². The number of ketones is 1. The summed E-state index contributed by atoms with van der Waals surface area (Å²) in [5, 5.41) is 0.388. The minimum atomic E-state index is -3.97. The van der Waals surface area contributed by atoms with Crippen molar-refractivity contribution in [2.45, 2.75) is 4.90 Å². The van der Waals surface area contributed by atoms with Crippen molar-refractivity contribution >= 4 is 39.1 Å². The monoisotopic (exact) mass is 487 g/mol. The molecule has 10 heteroatoms. The second-order valence-corrected chi connectivity index (χ2v) is 9.45. The van der Waals surface area contributed by atoms with E-state index in [0.29, 0.717) is 27.8 Å². The number of rotatable bonds is 7. The Hall–Kier alpha value is -3.56. The molecule has 0 spiro atoms. The first kappa shape index (κ1) is 22.6. The zero-order valence-electron chi connectivity index (χ0n) is 17.4. The summed E-state index contributed by atoms with van der Waals surface area (Å²) >= 11 is 5.96. The summed E-state index contributed by atoms with van der Waals surface area (Å²) in [7, 11) is -2.59. The van der Waals surface area contributed by atoms with Crippen LogP contribution < -0.4 is 13.8 Å². The lowest BCUT2D eigenvalue weighted by Crippen LogP contribution is -2.26. The number of nitrogens with zero attached hydrogens (tertiary/aromatic N) is 1. The Bertz CT molecular complexity index is 1340. The van der Waals surface area contributed by atoms with E-state index < -0.39 is 28.4 Å². The van der Waals surface area contributed by atoms with E-state index in [4.69, 9.17) is 25.8 Å². The van der Waals surface area contributed by atoms with Crippen LogP contribution in [0.5, 0.6) is 11.5 Å². The highest BCUT2D eigenvalue weighted by Gasteiger charge is 2.23. The van der Waals surface area contributed by atoms with E-state index in [1.807, 2.05) is 0 Å². The van der Waals surface area contributed by atoms with Crippen molar-refractivity contribution in [3.05, 3.63) is 82.9 Å². The molecule has 170 valence electrons. The van der Waals surface area contributed by atoms with Crippen molar-refractivity contribution in [2.24, 2.45) is 0 Å². The van der Waals surface area contributed by atoms with Gasteiger partial charge in [-0.25, -0.2) is 13.2 Å². The van der Waals surface area contributed by atoms with E-state index in [2.05, 4.69) is 0 Å². The van der Waals surface area contributed by atoms with Gasteiger partial charge in [0, 0.05) is 17.6 Å². The van der Waals surface area contributed by atoms with Crippen LogP contribution in [0.2, 0.25) is 5.02 Å². The van der Waals surface area contributed by atoms with Gasteiger partial charge in [-0.3, -0.25) is 9.10 Å². The molecule has 3 aromatic rings. The van der Waals surface area contributed by atoms with Gasteiger partial charge < -0.3 is 14.2 Å². The fourth-order valence-electron chi connectivity index (χ4n) is 3.12. The molecule has 0 aromatic heterocycles. The molecule has 0 atom stereocenters. The molecule has 8 nitrogen and oxygen atoms in total. The Morgan fingerprint density at radius 3 is 2.52 bits per heavy atom. The summed E-state index contributed by atoms with van der Waals surface area (Å²) in [5.41, 5.74) is 0.658. The number of carbonyl (C=O) groups is 2. The second-order valence-electron chi connectivity index (χ2n) is 7.05. The fourth-order valence-corrected chi connectivity index (χ4v) is 4.54. The number of Topliss-reactive ketones (excluding diaryl/α,β-unsaturated/α-hetero) is 1. The normalized spacial score (nSPS) is 12.3. The topological polar surface area (TPSA) is 99.2 Å². The van der Waals surface area contributed by atoms with Crippen molar-refractivity contribution in [1.82, 2.24) is 0 Å². The Morgan fingerprint density at radius 1 is 0.970 bits per heavy atom. The molecular weight excluding hydrogens is 470 g/mol. The third-order valence-electron chi connectivity index (χ3n) is 4.93. The smallest absolute Gasteiger partial charge is 0.338 e. The molecule has 0 N–H and O–H groups in total. The molecule has 0 amide bonds. The number of fused-ring (bicyclic) bond motifs is 1. The minimum absolute atomic E-state index is 0.00550. The van der Waals surface area contributed by atoms with Gasteiger partial charge in [-0.2, -0.15) is 0 Å². The van der Waals surface area contributed by atoms with E-state index in [-0.39, 0.29) is 17.3 Å². The van der Waals surface area contributed by atoms with Gasteiger partial charge in [-0.1, -0.05) is 23.7 Å². The van der Waals surface area contributed by atoms with Gasteiger partial charge in [0.05, 0.1) is 16.1 Å². The fraction of sp³-hybridized carbons (Fsp3) is 0.130. The van der Waals surface area contributed by atoms with Gasteiger partial charge in [0.1, 0.15) is 0 Å². The first-order chi connectivity index (χ1) is 15.8. The molecule has 0 radical (unpaired) electrons. The molecule has 0 bridgehead atoms. The van der Waals surface area contributed by atoms with Crippen LogP contribution in [0.25, 0.3) is 0 Å². The summed E-state index contributed by atoms with van der Waals surface area (Å²) in [6, 6.07) is 16.4. The molecule has 3 aromatic carbocycles. The molecule has 1 aliphatic rings. The molecule has 33 heavy (non-hydrogen) atoms. The third-order valence-corrected chi connectivity index (χ3v) is 6.95. The Balaban J connectivity index is 1.46. The lowest BCUT2D eigenvalue weighted by molar-refractivity contribution is 0.0474. The summed E-state index contributed by atoms with van der Waals surface area (Å²) in [4.78, 5) is 24.8. The summed E-state index contributed by atoms with van der Waals surface area (Å²) in [6.45, 7) is -0.439. The molecular formula is C23H18ClNO7S. The van der Waals surface area contributed by atoms with Crippen molar-refractivity contribution in [2.75, 3.05) is 24.8 Å². The highest BCUT2D eigenvalue weighted by Crippen LogP contribution is 2.32. The Kier molecular flexibility index (Phi) is 6.26. The average molecular weight is 488 g/mol. The zero-order chi connectivity index (χ0) is 23.6. The van der Waals surface area contributed by atoms with Crippen LogP contribution >= 0.6 is 11.6 Å². The van der Waals surface area contributed by atoms with E-state index >= 15 is 0 Å². The van der Waals surface area contributed by atoms with Crippen LogP contribution in [0.15, 0.2) is 71.6 Å². The average Bonchev–Trinajstić information content (AvgIpc) is 3.30. The Labute approximate surface area is 195 Å². The molecule has 0 aliphatic carbocycles. The van der Waals surface area contributed by atoms with E-state index in [9.17, 15) is 18.0 Å². The van der Waals surface area contributed by atoms with Gasteiger partial charge in [0.2, 0.25) is 6.79 Å². The largest absolute Gasteiger partial charge is 0.454 e. The standard InChI is InChI=1S/C23H18ClNO7S/c1-25(18-6-3-5-17(24)12-18)33(28,29)19-7-2-4-16(10-19)23(27)30-13-20(26)15-8-9-21-22(11-15)32-14-31-21/h2-12H,13-14H2,1H3. The molecule has 0 saturated carbocycles. The maximum absolute atomic E-state index is 13.0. The number of sulfonamides is 1. The van der Waals surface area contributed by atoms with Gasteiger partial charge in [-0.05, 0) is 54.6 Å². The second kappa shape index (κ2) is 9.13. The summed E-state index contributed by atoms with van der Waals surface area (Å²) in [5.74, 6) is -0.295. The van der Waals surface area contributed by atoms with E-state index in [1.165, 1.54) is 43.4 Å². The van der Waals surface area contributed by atoms with Crippen LogP contribution in [-0.4, -0.2) is 40.6 Å². The van der Waals surface area contributed by atoms with Crippen molar-refractivity contribution < 1.29 is 32.2 Å². The number of benzene rings is 3. The van der Waals surface area contributed by atoms with Crippen molar-refractivity contribution in [3.8, 4) is 11.5 Å². The number of hydrogen-bond donors (Lipinski definition) is 0. The first-order valence-electron chi connectivity index (χ1n) is 9.70. The molecule has 1 aliphatic heterocycles. The maximum atomic E-state index is 13.0. The molecule has 1 heterocycles. The Morgan fingerprint density at radius 2 is 1.73 bits per heavy atom. The number of ether oxygens (including phenoxy) is 3. The maximum Gasteiger partial charge on any atom is 0.338 e. The lowest BCUT2D eigenvalue weighted by Gasteiger charge is -2.20. The van der Waals surface area contributed by atoms with Gasteiger partial charge in [-0.15, -0.1) is 0 Å². The van der Waals surface area contributed by atoms with Crippen LogP contribution in [0.1, 0.15) is 20.7 Å². The number of anilines is 1. The van der Waals surface area contributed by atoms with Crippen LogP contribution in [-0.2, 0) is 14.8 Å². The molecule has 0 saturated heterocycles. The lowest BCUT2D eigenvalue weighted by atomic mass is 10.1. The quantitative estimate of drug-likeness (QED) is 0.367. The highest BCUT2D eigenvalue weighted by molar-refractivity contribution is 7.92. The van der Waals surface area contributed by atoms with Crippen molar-refractivity contribution in [1.29, 1.82) is 0 Å². The van der Waals surface area contributed by atoms with Crippen LogP contribution in [0.4, 0.5) is 5.69 Å². The zero-order valence-corrected chi connectivity index (χ0v) is 18.9. The number of carbonyl (C=O) groups excluding carboxylic acids is 2. The number of esters is 1. The SMILES string of the molecule is CN(c1cccc(Cl)c1)S(=O)(=O)c1cccc(C(=O)OCC(=O)c2ccc3c(c2)OCO3)c1. The summed E-state index contributed by atoms with van der Waals surface area (Å²) in [6.07, 6.45) is 0. The van der Waals surface area contributed by atoms with E-state index in [0.717, 1.165) is 4.31 Å². The molecule has 4 rings (SSSR count). The predicted octanol–water partition coefficient (Wildman–Crippen LogP) is 3.93. The highest BCUT2D eigenvalue weighted by atomic mass is 35.5. The number of hydrogen-bond acceptors (Lipinski definition) is 7. The van der Waals surface area contributed by atoms with Crippen LogP contribution in [0.3, 0.4) is 0 Å². The van der Waals surface area contributed by atoms with E-state index in [1.54, 1.807) is 30.3 Å². The number of halogens is 1. The summed E-state index contributed by atoms with van der Waals surface area (Å²) < 4.78 is 42.6. The van der Waals surface area contributed by atoms with Gasteiger partial charge >= 0.3 is 5.97 Å².